The van der Waals surface area contributed by atoms with Gasteiger partial charge >= 0.3 is 0 Å². The number of oxazole rings is 1. The number of β-amino-alcohol motifs (C(OH)–C–C–N with tert-alkyl or cyclic N) is 1. The first-order valence-electron chi connectivity index (χ1n) is 6.74. The fourth-order valence-corrected chi connectivity index (χ4v) is 2.70. The third-order valence-electron chi connectivity index (χ3n) is 3.50. The highest BCUT2D eigenvalue weighted by molar-refractivity contribution is 6.29. The summed E-state index contributed by atoms with van der Waals surface area (Å²) in [7, 11) is 0. The van der Waals surface area contributed by atoms with Crippen molar-refractivity contribution in [3.8, 4) is 0 Å². The summed E-state index contributed by atoms with van der Waals surface area (Å²) in [4.78, 5) is 10.6. The summed E-state index contributed by atoms with van der Waals surface area (Å²) >= 11 is 5.82. The van der Waals surface area contributed by atoms with Crippen molar-refractivity contribution in [3.63, 3.8) is 0 Å². The van der Waals surface area contributed by atoms with E-state index in [0.29, 0.717) is 28.8 Å². The minimum Gasteiger partial charge on any atom is -0.422 e. The zero-order valence-electron chi connectivity index (χ0n) is 11.2. The molecule has 6 nitrogen and oxygen atoms in total. The highest BCUT2D eigenvalue weighted by atomic mass is 35.5. The molecule has 20 heavy (non-hydrogen) atoms. The molecule has 2 atom stereocenters. The Kier molecular flexibility index (Phi) is 3.78. The maximum absolute atomic E-state index is 9.87. The lowest BCUT2D eigenvalue weighted by atomic mass is 10.0. The molecule has 1 saturated heterocycles. The van der Waals surface area contributed by atoms with Crippen molar-refractivity contribution in [2.45, 2.75) is 25.5 Å². The van der Waals surface area contributed by atoms with Gasteiger partial charge in [0, 0.05) is 19.1 Å². The number of halogens is 1. The number of likely N-dealkylation sites (tertiary alicyclic amines) is 1. The van der Waals surface area contributed by atoms with Crippen LogP contribution in [0.3, 0.4) is 0 Å². The van der Waals surface area contributed by atoms with E-state index in [1.165, 1.54) is 0 Å². The van der Waals surface area contributed by atoms with Crippen LogP contribution in [-0.2, 0) is 0 Å². The van der Waals surface area contributed by atoms with E-state index < -0.39 is 0 Å². The Morgan fingerprint density at radius 1 is 1.45 bits per heavy atom. The minimum atomic E-state index is -0.321. The quantitative estimate of drug-likeness (QED) is 0.841. The highest BCUT2D eigenvalue weighted by Crippen LogP contribution is 2.21. The molecule has 0 unspecified atom stereocenters. The van der Waals surface area contributed by atoms with Gasteiger partial charge in [-0.05, 0) is 25.1 Å². The highest BCUT2D eigenvalue weighted by Gasteiger charge is 2.26. The first-order valence-corrected chi connectivity index (χ1v) is 7.12. The molecule has 0 aromatic carbocycles. The standard InChI is InChI=1S/C13H17ClN4O2/c1-2-18-6-8(5-9(19)7-18)15-13-17-12-10(20-13)3-4-11(14)16-12/h3-4,8-9,19H,2,5-7H2,1H3,(H,15,16,17)/t8-,9+/m1/s1. The van der Waals surface area contributed by atoms with Crippen LogP contribution in [0.2, 0.25) is 5.15 Å². The number of anilines is 1. The number of aliphatic hydroxyl groups excluding tert-OH is 1. The number of nitrogens with one attached hydrogen (secondary N) is 1. The van der Waals surface area contributed by atoms with E-state index in [4.69, 9.17) is 16.0 Å². The lowest BCUT2D eigenvalue weighted by Crippen LogP contribution is -2.48. The van der Waals surface area contributed by atoms with Crippen molar-refractivity contribution < 1.29 is 9.52 Å². The second kappa shape index (κ2) is 5.55. The molecule has 108 valence electrons. The van der Waals surface area contributed by atoms with Gasteiger partial charge < -0.3 is 14.8 Å². The number of nitrogens with zero attached hydrogens (tertiary/aromatic N) is 3. The molecule has 3 rings (SSSR count). The molecule has 0 saturated carbocycles. The van der Waals surface area contributed by atoms with Crippen molar-refractivity contribution >= 4 is 28.8 Å². The lowest BCUT2D eigenvalue weighted by Gasteiger charge is -2.34. The SMILES string of the molecule is CCN1C[C@@H](O)C[C@@H](Nc2nc3nc(Cl)ccc3o2)C1. The first-order chi connectivity index (χ1) is 9.64. The van der Waals surface area contributed by atoms with E-state index in [1.54, 1.807) is 12.1 Å². The summed E-state index contributed by atoms with van der Waals surface area (Å²) in [6, 6.07) is 3.95. The number of piperidine rings is 1. The first kappa shape index (κ1) is 13.6. The lowest BCUT2D eigenvalue weighted by molar-refractivity contribution is 0.0667. The van der Waals surface area contributed by atoms with E-state index in [-0.39, 0.29) is 12.1 Å². The Labute approximate surface area is 121 Å². The molecular weight excluding hydrogens is 280 g/mol. The normalized spacial score (nSPS) is 24.1. The summed E-state index contributed by atoms with van der Waals surface area (Å²) in [6.07, 6.45) is 0.363. The predicted octanol–water partition coefficient (Wildman–Crippen LogP) is 1.74. The third-order valence-corrected chi connectivity index (χ3v) is 3.71. The smallest absolute Gasteiger partial charge is 0.297 e. The van der Waals surface area contributed by atoms with Crippen LogP contribution >= 0.6 is 11.6 Å². The molecule has 2 aromatic heterocycles. The second-order valence-electron chi connectivity index (χ2n) is 5.06. The predicted molar refractivity (Wildman–Crippen MR) is 77.0 cm³/mol. The molecule has 3 heterocycles. The van der Waals surface area contributed by atoms with Crippen LogP contribution in [0.25, 0.3) is 11.2 Å². The Bertz CT molecular complexity index is 603. The van der Waals surface area contributed by atoms with Crippen molar-refractivity contribution in [1.29, 1.82) is 0 Å². The maximum Gasteiger partial charge on any atom is 0.297 e. The zero-order valence-corrected chi connectivity index (χ0v) is 12.0. The van der Waals surface area contributed by atoms with Gasteiger partial charge in [0.2, 0.25) is 5.65 Å². The van der Waals surface area contributed by atoms with Crippen LogP contribution in [0, 0.1) is 0 Å². The van der Waals surface area contributed by atoms with Crippen LogP contribution in [0.15, 0.2) is 16.5 Å². The van der Waals surface area contributed by atoms with Crippen LogP contribution < -0.4 is 5.32 Å². The van der Waals surface area contributed by atoms with Crippen LogP contribution in [0.5, 0.6) is 0 Å². The van der Waals surface area contributed by atoms with Gasteiger partial charge in [-0.25, -0.2) is 4.98 Å². The zero-order chi connectivity index (χ0) is 14.1. The molecule has 1 fully saturated rings. The van der Waals surface area contributed by atoms with Crippen molar-refractivity contribution in [1.82, 2.24) is 14.9 Å². The number of aliphatic hydroxyl groups is 1. The molecule has 0 aliphatic carbocycles. The van der Waals surface area contributed by atoms with Crippen molar-refractivity contribution in [2.75, 3.05) is 25.0 Å². The molecule has 7 heteroatoms. The summed E-state index contributed by atoms with van der Waals surface area (Å²) in [5, 5.41) is 13.5. The Morgan fingerprint density at radius 3 is 3.10 bits per heavy atom. The van der Waals surface area contributed by atoms with E-state index in [0.717, 1.165) is 19.6 Å². The average molecular weight is 297 g/mol. The maximum atomic E-state index is 9.87. The molecule has 0 bridgehead atoms. The third kappa shape index (κ3) is 2.87. The Balaban J connectivity index is 1.75. The monoisotopic (exact) mass is 296 g/mol. The molecule has 0 radical (unpaired) electrons. The largest absolute Gasteiger partial charge is 0.422 e. The van der Waals surface area contributed by atoms with E-state index in [2.05, 4.69) is 27.1 Å². The van der Waals surface area contributed by atoms with Crippen molar-refractivity contribution in [3.05, 3.63) is 17.3 Å². The molecule has 1 aliphatic rings. The number of aromatic nitrogens is 2. The van der Waals surface area contributed by atoms with Gasteiger partial charge in [0.25, 0.3) is 6.01 Å². The molecule has 0 amide bonds. The van der Waals surface area contributed by atoms with Crippen LogP contribution in [0.1, 0.15) is 13.3 Å². The number of rotatable bonds is 3. The fourth-order valence-electron chi connectivity index (χ4n) is 2.56. The summed E-state index contributed by atoms with van der Waals surface area (Å²) in [5.74, 6) is 0. The molecule has 2 aromatic rings. The van der Waals surface area contributed by atoms with Gasteiger partial charge in [0.15, 0.2) is 5.58 Å². The van der Waals surface area contributed by atoms with Gasteiger partial charge in [-0.1, -0.05) is 18.5 Å². The number of pyridine rings is 1. The van der Waals surface area contributed by atoms with Gasteiger partial charge in [-0.15, -0.1) is 0 Å². The topological polar surface area (TPSA) is 74.4 Å². The number of hydrogen-bond acceptors (Lipinski definition) is 6. The second-order valence-corrected chi connectivity index (χ2v) is 5.44. The minimum absolute atomic E-state index is 0.113. The fraction of sp³-hybridized carbons (Fsp3) is 0.538. The summed E-state index contributed by atoms with van der Waals surface area (Å²) in [6.45, 7) is 4.58. The van der Waals surface area contributed by atoms with Gasteiger partial charge in [0.05, 0.1) is 6.10 Å². The number of likely N-dealkylation sites (N-methyl/N-ethyl adjacent to an activating group) is 1. The van der Waals surface area contributed by atoms with E-state index in [9.17, 15) is 5.11 Å². The van der Waals surface area contributed by atoms with E-state index in [1.807, 2.05) is 0 Å². The van der Waals surface area contributed by atoms with Gasteiger partial charge in [-0.2, -0.15) is 4.98 Å². The van der Waals surface area contributed by atoms with Crippen molar-refractivity contribution in [2.24, 2.45) is 0 Å². The molecule has 1 aliphatic heterocycles. The molecular formula is C13H17ClN4O2. The molecule has 2 N–H and O–H groups in total. The van der Waals surface area contributed by atoms with Gasteiger partial charge in [-0.3, -0.25) is 4.90 Å². The average Bonchev–Trinajstić information content (AvgIpc) is 2.79. The number of hydrogen-bond donors (Lipinski definition) is 2. The summed E-state index contributed by atoms with van der Waals surface area (Å²) < 4.78 is 5.59. The Hall–Kier alpha value is -1.37. The molecule has 0 spiro atoms. The summed E-state index contributed by atoms with van der Waals surface area (Å²) in [5.41, 5.74) is 1.09. The van der Waals surface area contributed by atoms with E-state index >= 15 is 0 Å². The number of fused-ring (bicyclic) bond motifs is 1. The Morgan fingerprint density at radius 2 is 2.30 bits per heavy atom. The van der Waals surface area contributed by atoms with Gasteiger partial charge in [0.1, 0.15) is 5.15 Å². The van der Waals surface area contributed by atoms with Crippen LogP contribution in [0.4, 0.5) is 6.01 Å². The van der Waals surface area contributed by atoms with Crippen LogP contribution in [-0.4, -0.2) is 51.8 Å².